The Morgan fingerprint density at radius 1 is 1.35 bits per heavy atom. The molecule has 0 unspecified atom stereocenters. The summed E-state index contributed by atoms with van der Waals surface area (Å²) in [6.07, 6.45) is 1.13. The molecule has 0 atom stereocenters. The van der Waals surface area contributed by atoms with Gasteiger partial charge in [0.2, 0.25) is 5.82 Å². The molecule has 0 radical (unpaired) electrons. The third kappa shape index (κ3) is 3.67. The topological polar surface area (TPSA) is 72.4 Å². The Morgan fingerprint density at radius 3 is 2.65 bits per heavy atom. The van der Waals surface area contributed by atoms with Crippen molar-refractivity contribution in [3.63, 3.8) is 0 Å². The predicted octanol–water partition coefficient (Wildman–Crippen LogP) is 2.30. The number of hydrogen-bond acceptors (Lipinski definition) is 4. The van der Waals surface area contributed by atoms with E-state index in [1.807, 2.05) is 28.1 Å². The van der Waals surface area contributed by atoms with Crippen LogP contribution in [0.5, 0.6) is 0 Å². The number of anilines is 2. The number of nitrogens with one attached hydrogen (secondary N) is 2. The van der Waals surface area contributed by atoms with E-state index in [9.17, 15) is 18.4 Å². The molecule has 0 aliphatic rings. The lowest BCUT2D eigenvalue weighted by atomic mass is 10.2. The summed E-state index contributed by atoms with van der Waals surface area (Å²) in [5.74, 6) is -2.63. The fourth-order valence-electron chi connectivity index (χ4n) is 1.86. The molecule has 122 valence electrons. The van der Waals surface area contributed by atoms with Crippen LogP contribution in [-0.4, -0.2) is 17.6 Å². The Hall–Kier alpha value is -2.01. The monoisotopic (exact) mass is 435 g/mol. The summed E-state index contributed by atoms with van der Waals surface area (Å²) in [5.41, 5.74) is 0.380. The number of hydroxylamine groups is 1. The van der Waals surface area contributed by atoms with Crippen molar-refractivity contribution in [1.82, 2.24) is 10.0 Å². The van der Waals surface area contributed by atoms with Crippen LogP contribution in [-0.2, 0) is 11.9 Å². The van der Waals surface area contributed by atoms with Crippen LogP contribution >= 0.6 is 22.6 Å². The minimum absolute atomic E-state index is 0.0657. The van der Waals surface area contributed by atoms with E-state index in [1.54, 1.807) is 6.07 Å². The molecule has 9 heteroatoms. The van der Waals surface area contributed by atoms with Gasteiger partial charge < -0.3 is 9.88 Å². The van der Waals surface area contributed by atoms with Crippen molar-refractivity contribution in [2.24, 2.45) is 7.05 Å². The van der Waals surface area contributed by atoms with Gasteiger partial charge in [0.05, 0.1) is 24.0 Å². The van der Waals surface area contributed by atoms with Gasteiger partial charge in [-0.05, 0) is 40.8 Å². The van der Waals surface area contributed by atoms with Gasteiger partial charge in [0, 0.05) is 16.8 Å². The number of rotatable bonds is 4. The van der Waals surface area contributed by atoms with Crippen molar-refractivity contribution >= 4 is 39.9 Å². The Kier molecular flexibility index (Phi) is 5.31. The number of aryl methyl sites for hydroxylation is 1. The number of carbonyl (C=O) groups excluding carboxylic acids is 1. The molecule has 6 nitrogen and oxygen atoms in total. The Morgan fingerprint density at radius 2 is 2.04 bits per heavy atom. The molecule has 1 aromatic heterocycles. The van der Waals surface area contributed by atoms with Gasteiger partial charge in [0.1, 0.15) is 5.82 Å². The van der Waals surface area contributed by atoms with Gasteiger partial charge in [-0.25, -0.2) is 9.87 Å². The molecule has 0 bridgehead atoms. The van der Waals surface area contributed by atoms with Gasteiger partial charge in [-0.2, -0.15) is 4.39 Å². The fourth-order valence-corrected chi connectivity index (χ4v) is 2.32. The summed E-state index contributed by atoms with van der Waals surface area (Å²) in [5, 5.41) is 2.46. The molecule has 2 rings (SSSR count). The van der Waals surface area contributed by atoms with Crippen LogP contribution in [0.2, 0.25) is 0 Å². The maximum absolute atomic E-state index is 14.3. The summed E-state index contributed by atoms with van der Waals surface area (Å²) < 4.78 is 29.8. The quantitative estimate of drug-likeness (QED) is 0.572. The first-order valence-corrected chi connectivity index (χ1v) is 7.37. The van der Waals surface area contributed by atoms with Gasteiger partial charge in [-0.1, -0.05) is 0 Å². The van der Waals surface area contributed by atoms with Gasteiger partial charge in [0.25, 0.3) is 11.5 Å². The van der Waals surface area contributed by atoms with Crippen molar-refractivity contribution in [3.8, 4) is 0 Å². The number of hydrogen-bond donors (Lipinski definition) is 2. The maximum Gasteiger partial charge on any atom is 0.288 e. The van der Waals surface area contributed by atoms with Crippen LogP contribution < -0.4 is 16.4 Å². The first-order valence-electron chi connectivity index (χ1n) is 6.29. The molecule has 2 aromatic rings. The first-order chi connectivity index (χ1) is 10.8. The molecule has 2 N–H and O–H groups in total. The number of aromatic nitrogens is 1. The molecule has 1 amide bonds. The van der Waals surface area contributed by atoms with Crippen LogP contribution in [0.3, 0.4) is 0 Å². The normalized spacial score (nSPS) is 10.5. The molecule has 0 fully saturated rings. The lowest BCUT2D eigenvalue weighted by molar-refractivity contribution is 0.0537. The molecule has 1 heterocycles. The van der Waals surface area contributed by atoms with Crippen LogP contribution in [0.15, 0.2) is 29.2 Å². The predicted molar refractivity (Wildman–Crippen MR) is 88.5 cm³/mol. The van der Waals surface area contributed by atoms with Crippen molar-refractivity contribution in [2.45, 2.75) is 0 Å². The number of benzene rings is 1. The lowest BCUT2D eigenvalue weighted by Crippen LogP contribution is -2.29. The van der Waals surface area contributed by atoms with Crippen LogP contribution in [0, 0.1) is 15.2 Å². The van der Waals surface area contributed by atoms with Crippen LogP contribution in [0.4, 0.5) is 20.2 Å². The van der Waals surface area contributed by atoms with Crippen molar-refractivity contribution in [3.05, 3.63) is 55.5 Å². The zero-order valence-electron chi connectivity index (χ0n) is 12.1. The highest BCUT2D eigenvalue weighted by Crippen LogP contribution is 2.25. The second kappa shape index (κ2) is 7.04. The molecule has 1 aromatic carbocycles. The maximum atomic E-state index is 14.3. The average Bonchev–Trinajstić information content (AvgIpc) is 2.50. The lowest BCUT2D eigenvalue weighted by Gasteiger charge is -2.14. The summed E-state index contributed by atoms with van der Waals surface area (Å²) >= 11 is 1.92. The van der Waals surface area contributed by atoms with Crippen molar-refractivity contribution in [1.29, 1.82) is 0 Å². The molecule has 23 heavy (non-hydrogen) atoms. The fraction of sp³-hybridized carbons (Fsp3) is 0.143. The van der Waals surface area contributed by atoms with Gasteiger partial charge in [0.15, 0.2) is 0 Å². The highest BCUT2D eigenvalue weighted by molar-refractivity contribution is 14.1. The van der Waals surface area contributed by atoms with E-state index in [-0.39, 0.29) is 11.3 Å². The van der Waals surface area contributed by atoms with E-state index in [0.717, 1.165) is 10.8 Å². The summed E-state index contributed by atoms with van der Waals surface area (Å²) in [7, 11) is 2.51. The molecule has 0 saturated carbocycles. The molecule has 0 aliphatic heterocycles. The van der Waals surface area contributed by atoms with Crippen molar-refractivity contribution < 1.29 is 18.4 Å². The SMILES string of the molecule is CONC(=O)c1cn(C)c(=O)c(F)c1Nc1ccc(I)cc1F. The minimum Gasteiger partial charge on any atom is -0.350 e. The van der Waals surface area contributed by atoms with Crippen LogP contribution in [0.1, 0.15) is 10.4 Å². The van der Waals surface area contributed by atoms with E-state index in [1.165, 1.54) is 26.3 Å². The molecular formula is C14H12F2IN3O3. The zero-order valence-corrected chi connectivity index (χ0v) is 14.3. The van der Waals surface area contributed by atoms with Crippen molar-refractivity contribution in [2.75, 3.05) is 12.4 Å². The average molecular weight is 435 g/mol. The highest BCUT2D eigenvalue weighted by atomic mass is 127. The van der Waals surface area contributed by atoms with Gasteiger partial charge >= 0.3 is 0 Å². The molecule has 0 saturated heterocycles. The summed E-state index contributed by atoms with van der Waals surface area (Å²) in [4.78, 5) is 28.2. The summed E-state index contributed by atoms with van der Waals surface area (Å²) in [6.45, 7) is 0. The van der Waals surface area contributed by atoms with E-state index in [2.05, 4.69) is 10.2 Å². The third-order valence-electron chi connectivity index (χ3n) is 2.95. The number of amides is 1. The standard InChI is InChI=1S/C14H12F2IN3O3/c1-20-6-8(13(21)19-23-2)12(11(16)14(20)22)18-10-4-3-7(17)5-9(10)15/h3-6,18H,1-2H3,(H,19,21). The number of carbonyl (C=O) groups is 1. The van der Waals surface area contributed by atoms with E-state index in [0.29, 0.717) is 3.57 Å². The first kappa shape index (κ1) is 17.3. The smallest absolute Gasteiger partial charge is 0.288 e. The largest absolute Gasteiger partial charge is 0.350 e. The van der Waals surface area contributed by atoms with Gasteiger partial charge in [-0.15, -0.1) is 0 Å². The second-order valence-electron chi connectivity index (χ2n) is 4.53. The Labute approximate surface area is 143 Å². The Balaban J connectivity index is 2.57. The van der Waals surface area contributed by atoms with E-state index in [4.69, 9.17) is 0 Å². The molecule has 0 spiro atoms. The minimum atomic E-state index is -1.20. The molecule has 0 aliphatic carbocycles. The van der Waals surface area contributed by atoms with E-state index < -0.39 is 28.8 Å². The third-order valence-corrected chi connectivity index (χ3v) is 3.62. The molecular weight excluding hydrogens is 423 g/mol. The van der Waals surface area contributed by atoms with Gasteiger partial charge in [-0.3, -0.25) is 14.4 Å². The van der Waals surface area contributed by atoms with Crippen LogP contribution in [0.25, 0.3) is 0 Å². The number of nitrogens with zero attached hydrogens (tertiary/aromatic N) is 1. The Bertz CT molecular complexity index is 824. The highest BCUT2D eigenvalue weighted by Gasteiger charge is 2.21. The zero-order chi connectivity index (χ0) is 17.1. The second-order valence-corrected chi connectivity index (χ2v) is 5.78. The summed E-state index contributed by atoms with van der Waals surface area (Å²) in [6, 6.07) is 4.21. The van der Waals surface area contributed by atoms with E-state index >= 15 is 0 Å². The number of halogens is 3. The number of pyridine rings is 1.